The number of piperidine rings is 1. The molecule has 1 aliphatic carbocycles. The van der Waals surface area contributed by atoms with E-state index in [4.69, 9.17) is 11.0 Å². The summed E-state index contributed by atoms with van der Waals surface area (Å²) in [4.78, 5) is 2.47. The highest BCUT2D eigenvalue weighted by molar-refractivity contribution is 5.59. The fourth-order valence-corrected chi connectivity index (χ4v) is 4.07. The number of anilines is 2. The molecule has 0 amide bonds. The van der Waals surface area contributed by atoms with Gasteiger partial charge in [0.25, 0.3) is 0 Å². The Kier molecular flexibility index (Phi) is 4.05. The highest BCUT2D eigenvalue weighted by Gasteiger charge is 2.35. The molecule has 3 rings (SSSR count). The first-order chi connectivity index (χ1) is 10.2. The Morgan fingerprint density at radius 2 is 1.81 bits per heavy atom. The molecule has 1 spiro atoms. The molecule has 21 heavy (non-hydrogen) atoms. The monoisotopic (exact) mass is 283 g/mol. The predicted octanol–water partition coefficient (Wildman–Crippen LogP) is 3.89. The van der Waals surface area contributed by atoms with Gasteiger partial charge >= 0.3 is 0 Å². The van der Waals surface area contributed by atoms with Crippen LogP contribution in [-0.2, 0) is 6.42 Å². The third-order valence-electron chi connectivity index (χ3n) is 5.50. The lowest BCUT2D eigenvalue weighted by Crippen LogP contribution is -2.41. The number of nitrogens with zero attached hydrogens (tertiary/aromatic N) is 2. The van der Waals surface area contributed by atoms with Gasteiger partial charge in [-0.2, -0.15) is 5.26 Å². The summed E-state index contributed by atoms with van der Waals surface area (Å²) in [6.45, 7) is 2.30. The summed E-state index contributed by atoms with van der Waals surface area (Å²) in [7, 11) is 0. The molecule has 3 nitrogen and oxygen atoms in total. The zero-order chi connectivity index (χ0) is 14.7. The van der Waals surface area contributed by atoms with Crippen LogP contribution in [0.3, 0.4) is 0 Å². The third kappa shape index (κ3) is 3.00. The van der Waals surface area contributed by atoms with Crippen molar-refractivity contribution in [1.29, 1.82) is 5.26 Å². The number of hydrogen-bond acceptors (Lipinski definition) is 3. The van der Waals surface area contributed by atoms with Crippen molar-refractivity contribution >= 4 is 11.4 Å². The van der Waals surface area contributed by atoms with Gasteiger partial charge in [-0.25, -0.2) is 0 Å². The summed E-state index contributed by atoms with van der Waals surface area (Å²) in [6, 6.07) is 8.37. The van der Waals surface area contributed by atoms with Gasteiger partial charge in [-0.1, -0.05) is 19.3 Å². The Labute approximate surface area is 127 Å². The van der Waals surface area contributed by atoms with Gasteiger partial charge in [-0.15, -0.1) is 0 Å². The average molecular weight is 283 g/mol. The van der Waals surface area contributed by atoms with Gasteiger partial charge in [0.05, 0.1) is 12.5 Å². The zero-order valence-corrected chi connectivity index (χ0v) is 12.8. The van der Waals surface area contributed by atoms with Crippen LogP contribution in [-0.4, -0.2) is 13.1 Å². The normalized spacial score (nSPS) is 21.2. The molecule has 0 aromatic heterocycles. The maximum atomic E-state index is 8.89. The first kappa shape index (κ1) is 14.3. The first-order valence-electron chi connectivity index (χ1n) is 8.23. The minimum Gasteiger partial charge on any atom is -0.398 e. The van der Waals surface area contributed by atoms with Crippen LogP contribution in [0.5, 0.6) is 0 Å². The molecule has 1 aliphatic heterocycles. The van der Waals surface area contributed by atoms with Crippen LogP contribution >= 0.6 is 0 Å². The van der Waals surface area contributed by atoms with E-state index in [2.05, 4.69) is 23.1 Å². The fourth-order valence-electron chi connectivity index (χ4n) is 4.07. The van der Waals surface area contributed by atoms with Crippen molar-refractivity contribution in [2.45, 2.75) is 51.4 Å². The summed E-state index contributed by atoms with van der Waals surface area (Å²) >= 11 is 0. The Hall–Kier alpha value is -1.69. The molecule has 1 aromatic carbocycles. The predicted molar refractivity (Wildman–Crippen MR) is 87.1 cm³/mol. The molecule has 1 aromatic rings. The molecule has 1 heterocycles. The molecule has 2 fully saturated rings. The second-order valence-electron chi connectivity index (χ2n) is 6.77. The van der Waals surface area contributed by atoms with Crippen molar-refractivity contribution in [3.8, 4) is 6.07 Å². The number of rotatable bonds is 2. The van der Waals surface area contributed by atoms with E-state index in [9.17, 15) is 0 Å². The SMILES string of the molecule is N#CCc1cc(N2CCC3(CCCCC3)CC2)ccc1N. The summed E-state index contributed by atoms with van der Waals surface area (Å²) in [5.74, 6) is 0. The lowest BCUT2D eigenvalue weighted by molar-refractivity contribution is 0.144. The molecule has 1 saturated heterocycles. The van der Waals surface area contributed by atoms with Crippen molar-refractivity contribution in [2.24, 2.45) is 5.41 Å². The van der Waals surface area contributed by atoms with Crippen molar-refractivity contribution < 1.29 is 0 Å². The van der Waals surface area contributed by atoms with Gasteiger partial charge in [0.15, 0.2) is 0 Å². The molecule has 0 atom stereocenters. The van der Waals surface area contributed by atoms with Crippen molar-refractivity contribution in [3.05, 3.63) is 23.8 Å². The van der Waals surface area contributed by atoms with Crippen LogP contribution in [0.25, 0.3) is 0 Å². The van der Waals surface area contributed by atoms with Crippen LogP contribution < -0.4 is 10.6 Å². The quantitative estimate of drug-likeness (QED) is 0.838. The Morgan fingerprint density at radius 1 is 1.10 bits per heavy atom. The van der Waals surface area contributed by atoms with E-state index in [1.165, 1.54) is 50.6 Å². The maximum Gasteiger partial charge on any atom is 0.0670 e. The van der Waals surface area contributed by atoms with Crippen LogP contribution in [0.1, 0.15) is 50.5 Å². The molecule has 1 saturated carbocycles. The van der Waals surface area contributed by atoms with E-state index < -0.39 is 0 Å². The van der Waals surface area contributed by atoms with Crippen LogP contribution in [0.4, 0.5) is 11.4 Å². The summed E-state index contributed by atoms with van der Waals surface area (Å²) in [5, 5.41) is 8.89. The van der Waals surface area contributed by atoms with Crippen LogP contribution in [0.15, 0.2) is 18.2 Å². The second kappa shape index (κ2) is 5.97. The Bertz CT molecular complexity index is 528. The lowest BCUT2D eigenvalue weighted by Gasteiger charge is -2.45. The minimum absolute atomic E-state index is 0.400. The van der Waals surface area contributed by atoms with Gasteiger partial charge in [0.2, 0.25) is 0 Å². The number of benzene rings is 1. The van der Waals surface area contributed by atoms with E-state index in [1.807, 2.05) is 6.07 Å². The third-order valence-corrected chi connectivity index (χ3v) is 5.50. The Morgan fingerprint density at radius 3 is 2.48 bits per heavy atom. The number of nitrogen functional groups attached to an aromatic ring is 1. The standard InChI is InChI=1S/C18H25N3/c19-11-6-15-14-16(4-5-17(15)20)21-12-9-18(10-13-21)7-2-1-3-8-18/h4-5,14H,1-3,6-10,12-13,20H2. The molecule has 112 valence electrons. The molecule has 2 N–H and O–H groups in total. The van der Waals surface area contributed by atoms with Crippen molar-refractivity contribution in [1.82, 2.24) is 0 Å². The fraction of sp³-hybridized carbons (Fsp3) is 0.611. The highest BCUT2D eigenvalue weighted by Crippen LogP contribution is 2.45. The molecule has 0 unspecified atom stereocenters. The topological polar surface area (TPSA) is 53.0 Å². The summed E-state index contributed by atoms with van der Waals surface area (Å²) in [5.41, 5.74) is 9.52. The van der Waals surface area contributed by atoms with Crippen LogP contribution in [0.2, 0.25) is 0 Å². The maximum absolute atomic E-state index is 8.89. The van der Waals surface area contributed by atoms with Crippen molar-refractivity contribution in [3.63, 3.8) is 0 Å². The first-order valence-corrected chi connectivity index (χ1v) is 8.23. The molecule has 0 bridgehead atoms. The highest BCUT2D eigenvalue weighted by atomic mass is 15.1. The largest absolute Gasteiger partial charge is 0.398 e. The summed E-state index contributed by atoms with van der Waals surface area (Å²) < 4.78 is 0. The smallest absolute Gasteiger partial charge is 0.0670 e. The van der Waals surface area contributed by atoms with E-state index in [1.54, 1.807) is 0 Å². The molecule has 3 heteroatoms. The zero-order valence-electron chi connectivity index (χ0n) is 12.8. The lowest BCUT2D eigenvalue weighted by atomic mass is 9.68. The van der Waals surface area contributed by atoms with Crippen molar-refractivity contribution in [2.75, 3.05) is 23.7 Å². The summed E-state index contributed by atoms with van der Waals surface area (Å²) in [6.07, 6.45) is 10.2. The van der Waals surface area contributed by atoms with Gasteiger partial charge in [0, 0.05) is 24.5 Å². The van der Waals surface area contributed by atoms with E-state index in [0.717, 1.165) is 24.3 Å². The molecular formula is C18H25N3. The Balaban J connectivity index is 1.69. The van der Waals surface area contributed by atoms with Gasteiger partial charge in [-0.3, -0.25) is 0 Å². The number of nitrogens with two attached hydrogens (primary N) is 1. The van der Waals surface area contributed by atoms with E-state index >= 15 is 0 Å². The molecule has 0 radical (unpaired) electrons. The van der Waals surface area contributed by atoms with Gasteiger partial charge in [-0.05, 0) is 54.9 Å². The average Bonchev–Trinajstić information content (AvgIpc) is 2.52. The number of hydrogen-bond donors (Lipinski definition) is 1. The molecular weight excluding hydrogens is 258 g/mol. The van der Waals surface area contributed by atoms with E-state index in [0.29, 0.717) is 11.8 Å². The molecule has 2 aliphatic rings. The van der Waals surface area contributed by atoms with E-state index in [-0.39, 0.29) is 0 Å². The van der Waals surface area contributed by atoms with Gasteiger partial charge < -0.3 is 10.6 Å². The minimum atomic E-state index is 0.400. The van der Waals surface area contributed by atoms with Crippen LogP contribution in [0, 0.1) is 16.7 Å². The number of nitriles is 1. The van der Waals surface area contributed by atoms with Gasteiger partial charge in [0.1, 0.15) is 0 Å². The second-order valence-corrected chi connectivity index (χ2v) is 6.77.